The van der Waals surface area contributed by atoms with Gasteiger partial charge in [0.1, 0.15) is 0 Å². The molecule has 1 aliphatic heterocycles. The average Bonchev–Trinajstić information content (AvgIpc) is 2.37. The molecule has 90 valence electrons. The number of Topliss-reactive ketones (excluding diaryl/α,β-unsaturated/α-hetero) is 1. The van der Waals surface area contributed by atoms with E-state index in [9.17, 15) is 4.79 Å². The van der Waals surface area contributed by atoms with Gasteiger partial charge in [-0.1, -0.05) is 17.7 Å². The van der Waals surface area contributed by atoms with E-state index in [4.69, 9.17) is 16.3 Å². The molecular formula is C13H13ClO2S. The van der Waals surface area contributed by atoms with Crippen molar-refractivity contribution in [3.8, 4) is 0 Å². The van der Waals surface area contributed by atoms with Gasteiger partial charge in [0.25, 0.3) is 0 Å². The van der Waals surface area contributed by atoms with Crippen LogP contribution in [-0.2, 0) is 9.53 Å². The van der Waals surface area contributed by atoms with Crippen LogP contribution in [0.1, 0.15) is 12.8 Å². The lowest BCUT2D eigenvalue weighted by Gasteiger charge is -2.12. The summed E-state index contributed by atoms with van der Waals surface area (Å²) in [7, 11) is 0. The molecule has 1 aliphatic rings. The molecule has 0 aromatic heterocycles. The Labute approximate surface area is 110 Å². The third-order valence-electron chi connectivity index (χ3n) is 2.46. The second-order valence-corrected chi connectivity index (χ2v) is 5.27. The molecule has 0 N–H and O–H groups in total. The van der Waals surface area contributed by atoms with Gasteiger partial charge in [-0.3, -0.25) is 4.79 Å². The smallest absolute Gasteiger partial charge is 0.172 e. The highest BCUT2D eigenvalue weighted by Gasteiger charge is 2.13. The minimum absolute atomic E-state index is 0.148. The quantitative estimate of drug-likeness (QED) is 0.779. The molecule has 0 bridgehead atoms. The van der Waals surface area contributed by atoms with Crippen LogP contribution in [0, 0.1) is 0 Å². The number of allylic oxidation sites excluding steroid dienone is 1. The maximum atomic E-state index is 11.9. The van der Waals surface area contributed by atoms with Gasteiger partial charge in [-0.05, 0) is 31.0 Å². The first-order valence-corrected chi connectivity index (χ1v) is 6.84. The summed E-state index contributed by atoms with van der Waals surface area (Å²) in [5.41, 5.74) is 0.797. The van der Waals surface area contributed by atoms with Crippen LogP contribution in [-0.4, -0.2) is 18.1 Å². The van der Waals surface area contributed by atoms with Crippen LogP contribution in [0.25, 0.3) is 0 Å². The summed E-state index contributed by atoms with van der Waals surface area (Å²) in [6.07, 6.45) is 3.36. The molecule has 1 aromatic rings. The van der Waals surface area contributed by atoms with Gasteiger partial charge in [0.05, 0.1) is 18.6 Å². The average molecular weight is 269 g/mol. The lowest BCUT2D eigenvalue weighted by molar-refractivity contribution is -0.113. The van der Waals surface area contributed by atoms with E-state index in [1.807, 2.05) is 24.3 Å². The number of ether oxygens (including phenoxy) is 1. The van der Waals surface area contributed by atoms with Crippen molar-refractivity contribution in [1.29, 1.82) is 0 Å². The monoisotopic (exact) mass is 268 g/mol. The summed E-state index contributed by atoms with van der Waals surface area (Å²) in [6, 6.07) is 7.53. The predicted molar refractivity (Wildman–Crippen MR) is 70.5 cm³/mol. The van der Waals surface area contributed by atoms with Crippen LogP contribution < -0.4 is 0 Å². The van der Waals surface area contributed by atoms with E-state index in [0.29, 0.717) is 10.8 Å². The molecule has 0 saturated heterocycles. The van der Waals surface area contributed by atoms with Crippen molar-refractivity contribution >= 4 is 29.1 Å². The van der Waals surface area contributed by atoms with E-state index >= 15 is 0 Å². The lowest BCUT2D eigenvalue weighted by atomic mass is 10.1. The minimum Gasteiger partial charge on any atom is -0.501 e. The first-order valence-electron chi connectivity index (χ1n) is 5.48. The SMILES string of the molecule is O=C(CSc1cccc(Cl)c1)C1=COCCC1. The van der Waals surface area contributed by atoms with Gasteiger partial charge in [-0.15, -0.1) is 11.8 Å². The fourth-order valence-corrected chi connectivity index (χ4v) is 2.69. The van der Waals surface area contributed by atoms with Gasteiger partial charge >= 0.3 is 0 Å². The second kappa shape index (κ2) is 6.12. The molecule has 1 heterocycles. The Bertz CT molecular complexity index is 443. The summed E-state index contributed by atoms with van der Waals surface area (Å²) in [6.45, 7) is 0.720. The number of rotatable bonds is 4. The first kappa shape index (κ1) is 12.5. The number of carbonyl (C=O) groups excluding carboxylic acids is 1. The van der Waals surface area contributed by atoms with Crippen molar-refractivity contribution in [3.05, 3.63) is 41.1 Å². The Morgan fingerprint density at radius 1 is 1.47 bits per heavy atom. The predicted octanol–water partition coefficient (Wildman–Crippen LogP) is 3.70. The number of benzene rings is 1. The fraction of sp³-hybridized carbons (Fsp3) is 0.308. The van der Waals surface area contributed by atoms with Gasteiger partial charge < -0.3 is 4.74 Å². The topological polar surface area (TPSA) is 26.3 Å². The highest BCUT2D eigenvalue weighted by molar-refractivity contribution is 8.00. The van der Waals surface area contributed by atoms with Crippen molar-refractivity contribution in [3.63, 3.8) is 0 Å². The number of hydrogen-bond donors (Lipinski definition) is 0. The third kappa shape index (κ3) is 3.79. The zero-order valence-electron chi connectivity index (χ0n) is 9.32. The molecule has 1 aromatic carbocycles. The van der Waals surface area contributed by atoms with Crippen molar-refractivity contribution in [2.75, 3.05) is 12.4 Å². The first-order chi connectivity index (χ1) is 8.25. The lowest BCUT2D eigenvalue weighted by Crippen LogP contribution is -2.10. The number of hydrogen-bond acceptors (Lipinski definition) is 3. The van der Waals surface area contributed by atoms with Crippen molar-refractivity contribution in [2.24, 2.45) is 0 Å². The largest absolute Gasteiger partial charge is 0.501 e. The summed E-state index contributed by atoms with van der Waals surface area (Å²) in [5.74, 6) is 0.588. The third-order valence-corrected chi connectivity index (χ3v) is 3.69. The van der Waals surface area contributed by atoms with Crippen molar-refractivity contribution in [2.45, 2.75) is 17.7 Å². The zero-order valence-corrected chi connectivity index (χ0v) is 10.9. The normalized spacial score (nSPS) is 15.0. The summed E-state index contributed by atoms with van der Waals surface area (Å²) in [5, 5.41) is 0.697. The zero-order chi connectivity index (χ0) is 12.1. The van der Waals surface area contributed by atoms with E-state index in [2.05, 4.69) is 0 Å². The maximum Gasteiger partial charge on any atom is 0.172 e. The molecule has 0 aliphatic carbocycles. The Kier molecular flexibility index (Phi) is 4.51. The van der Waals surface area contributed by atoms with Crippen molar-refractivity contribution in [1.82, 2.24) is 0 Å². The van der Waals surface area contributed by atoms with Gasteiger partial charge in [0.15, 0.2) is 5.78 Å². The Morgan fingerprint density at radius 3 is 3.06 bits per heavy atom. The van der Waals surface area contributed by atoms with E-state index in [1.54, 1.807) is 6.26 Å². The number of halogens is 1. The molecule has 0 saturated carbocycles. The minimum atomic E-state index is 0.148. The highest BCUT2D eigenvalue weighted by atomic mass is 35.5. The molecule has 17 heavy (non-hydrogen) atoms. The van der Waals surface area contributed by atoms with Crippen molar-refractivity contribution < 1.29 is 9.53 Å². The highest BCUT2D eigenvalue weighted by Crippen LogP contribution is 2.23. The number of thioether (sulfide) groups is 1. The van der Waals surface area contributed by atoms with Crippen LogP contribution in [0.2, 0.25) is 5.02 Å². The molecule has 0 fully saturated rings. The van der Waals surface area contributed by atoms with Gasteiger partial charge in [0, 0.05) is 15.5 Å². The molecule has 2 rings (SSSR count). The van der Waals surface area contributed by atoms with E-state index in [1.165, 1.54) is 11.8 Å². The fourth-order valence-electron chi connectivity index (χ4n) is 1.57. The van der Waals surface area contributed by atoms with Crippen LogP contribution in [0.5, 0.6) is 0 Å². The van der Waals surface area contributed by atoms with Gasteiger partial charge in [-0.2, -0.15) is 0 Å². The summed E-state index contributed by atoms with van der Waals surface area (Å²) < 4.78 is 5.16. The Hall–Kier alpha value is -0.930. The molecule has 4 heteroatoms. The Morgan fingerprint density at radius 2 is 2.35 bits per heavy atom. The van der Waals surface area contributed by atoms with E-state index in [-0.39, 0.29) is 5.78 Å². The Balaban J connectivity index is 1.89. The second-order valence-electron chi connectivity index (χ2n) is 3.79. The standard InChI is InChI=1S/C13H13ClO2S/c14-11-4-1-5-12(7-11)17-9-13(15)10-3-2-6-16-8-10/h1,4-5,7-8H,2-3,6,9H2. The van der Waals surface area contributed by atoms with Crippen LogP contribution >= 0.6 is 23.4 Å². The molecule has 0 amide bonds. The molecule has 0 atom stereocenters. The molecule has 0 spiro atoms. The van der Waals surface area contributed by atoms with Crippen LogP contribution in [0.4, 0.5) is 0 Å². The summed E-state index contributed by atoms with van der Waals surface area (Å²) >= 11 is 7.39. The van der Waals surface area contributed by atoms with Gasteiger partial charge in [-0.25, -0.2) is 0 Å². The number of carbonyl (C=O) groups is 1. The summed E-state index contributed by atoms with van der Waals surface area (Å²) in [4.78, 5) is 12.9. The number of ketones is 1. The van der Waals surface area contributed by atoms with Gasteiger partial charge in [0.2, 0.25) is 0 Å². The van der Waals surface area contributed by atoms with E-state index < -0.39 is 0 Å². The molecule has 0 unspecified atom stereocenters. The van der Waals surface area contributed by atoms with E-state index in [0.717, 1.165) is 29.9 Å². The molecule has 0 radical (unpaired) electrons. The van der Waals surface area contributed by atoms with Crippen LogP contribution in [0.15, 0.2) is 41.0 Å². The molecule has 2 nitrogen and oxygen atoms in total. The molecular weight excluding hydrogens is 256 g/mol. The van der Waals surface area contributed by atoms with Crippen LogP contribution in [0.3, 0.4) is 0 Å². The maximum absolute atomic E-state index is 11.9.